The van der Waals surface area contributed by atoms with Gasteiger partial charge in [-0.25, -0.2) is 4.79 Å². The molecule has 1 fully saturated rings. The first-order valence-electron chi connectivity index (χ1n) is 7.25. The molecule has 0 bridgehead atoms. The summed E-state index contributed by atoms with van der Waals surface area (Å²) >= 11 is 0. The molecule has 0 saturated carbocycles. The Morgan fingerprint density at radius 1 is 1.30 bits per heavy atom. The number of carbonyl (C=O) groups is 1. The van der Waals surface area contributed by atoms with Gasteiger partial charge in [0.15, 0.2) is 0 Å². The Morgan fingerprint density at radius 2 is 2.15 bits per heavy atom. The lowest BCUT2D eigenvalue weighted by Crippen LogP contribution is -2.58. The summed E-state index contributed by atoms with van der Waals surface area (Å²) in [6, 6.07) is 7.38. The number of hydrogen-bond acceptors (Lipinski definition) is 3. The molecule has 2 aliphatic heterocycles. The van der Waals surface area contributed by atoms with E-state index in [1.54, 1.807) is 12.1 Å². The van der Waals surface area contributed by atoms with Crippen molar-refractivity contribution in [3.8, 4) is 0 Å². The molecule has 1 atom stereocenters. The molecule has 3 rings (SSSR count). The molecular weight excluding hydrogens is 252 g/mol. The van der Waals surface area contributed by atoms with Crippen LogP contribution in [0, 0.1) is 0 Å². The number of carboxylic acid groups (broad SMARTS) is 1. The fraction of sp³-hybridized carbons (Fsp3) is 0.438. The minimum absolute atomic E-state index is 0.361. The van der Waals surface area contributed by atoms with E-state index in [1.807, 2.05) is 12.1 Å². The van der Waals surface area contributed by atoms with Crippen LogP contribution in [0.4, 0.5) is 0 Å². The predicted octanol–water partition coefficient (Wildman–Crippen LogP) is 2.53. The van der Waals surface area contributed by atoms with E-state index in [4.69, 9.17) is 0 Å². The highest BCUT2D eigenvalue weighted by Gasteiger charge is 2.41. The largest absolute Gasteiger partial charge is 0.478 e. The number of rotatable bonds is 2. The molecule has 4 nitrogen and oxygen atoms in total. The number of nitrogens with zero attached hydrogens (tertiary/aromatic N) is 1. The van der Waals surface area contributed by atoms with Crippen LogP contribution in [0.1, 0.15) is 41.6 Å². The maximum atomic E-state index is 11.6. The summed E-state index contributed by atoms with van der Waals surface area (Å²) in [5.41, 5.74) is 0.932. The summed E-state index contributed by atoms with van der Waals surface area (Å²) < 4.78 is 0. The van der Waals surface area contributed by atoms with Crippen LogP contribution in [-0.2, 0) is 5.66 Å². The number of carboxylic acids is 1. The Hall–Kier alpha value is -1.81. The van der Waals surface area contributed by atoms with Crippen LogP contribution in [0.2, 0.25) is 0 Å². The van der Waals surface area contributed by atoms with Crippen LogP contribution < -0.4 is 5.32 Å². The van der Waals surface area contributed by atoms with Gasteiger partial charge in [0.05, 0.1) is 5.56 Å². The van der Waals surface area contributed by atoms with Crippen LogP contribution in [0.5, 0.6) is 0 Å². The highest BCUT2D eigenvalue weighted by molar-refractivity contribution is 5.89. The number of benzene rings is 1. The van der Waals surface area contributed by atoms with Gasteiger partial charge in [0.2, 0.25) is 0 Å². The van der Waals surface area contributed by atoms with Gasteiger partial charge in [-0.2, -0.15) is 0 Å². The third kappa shape index (κ3) is 2.10. The quantitative estimate of drug-likeness (QED) is 0.868. The lowest BCUT2D eigenvalue weighted by Gasteiger charge is -2.48. The number of hydrogen-bond donors (Lipinski definition) is 2. The molecule has 0 amide bonds. The van der Waals surface area contributed by atoms with E-state index in [9.17, 15) is 9.90 Å². The van der Waals surface area contributed by atoms with Crippen molar-refractivity contribution in [1.82, 2.24) is 10.2 Å². The molecule has 1 aromatic carbocycles. The van der Waals surface area contributed by atoms with Gasteiger partial charge < -0.3 is 10.0 Å². The second-order valence-corrected chi connectivity index (χ2v) is 5.46. The van der Waals surface area contributed by atoms with Crippen molar-refractivity contribution < 1.29 is 9.90 Å². The van der Waals surface area contributed by atoms with Gasteiger partial charge in [0, 0.05) is 12.1 Å². The zero-order valence-electron chi connectivity index (χ0n) is 11.5. The maximum absolute atomic E-state index is 11.6. The first kappa shape index (κ1) is 13.2. The molecule has 0 radical (unpaired) electrons. The molecule has 4 heteroatoms. The molecule has 2 heterocycles. The van der Waals surface area contributed by atoms with Crippen molar-refractivity contribution in [2.24, 2.45) is 0 Å². The first-order valence-corrected chi connectivity index (χ1v) is 7.25. The van der Waals surface area contributed by atoms with Crippen molar-refractivity contribution in [2.45, 2.75) is 31.3 Å². The zero-order chi connectivity index (χ0) is 14.0. The lowest BCUT2D eigenvalue weighted by molar-refractivity contribution is 0.0555. The van der Waals surface area contributed by atoms with Gasteiger partial charge in [0.25, 0.3) is 0 Å². The van der Waals surface area contributed by atoms with Crippen molar-refractivity contribution in [2.75, 3.05) is 13.1 Å². The summed E-state index contributed by atoms with van der Waals surface area (Å²) in [7, 11) is 0. The zero-order valence-corrected chi connectivity index (χ0v) is 11.5. The number of nitrogens with one attached hydrogen (secondary N) is 1. The minimum atomic E-state index is -0.851. The van der Waals surface area contributed by atoms with Crippen molar-refractivity contribution in [3.63, 3.8) is 0 Å². The minimum Gasteiger partial charge on any atom is -0.478 e. The monoisotopic (exact) mass is 272 g/mol. The Kier molecular flexibility index (Phi) is 3.49. The Bertz CT molecular complexity index is 541. The molecule has 20 heavy (non-hydrogen) atoms. The van der Waals surface area contributed by atoms with Gasteiger partial charge in [-0.1, -0.05) is 24.3 Å². The van der Waals surface area contributed by atoms with Crippen LogP contribution in [0.3, 0.4) is 0 Å². The molecule has 0 spiro atoms. The molecular formula is C16H20N2O2. The van der Waals surface area contributed by atoms with E-state index in [1.165, 1.54) is 0 Å². The van der Waals surface area contributed by atoms with Crippen molar-refractivity contribution >= 4 is 5.97 Å². The average Bonchev–Trinajstić information content (AvgIpc) is 2.70. The fourth-order valence-electron chi connectivity index (χ4n) is 3.36. The molecule has 106 valence electrons. The van der Waals surface area contributed by atoms with Crippen LogP contribution in [-0.4, -0.2) is 29.1 Å². The van der Waals surface area contributed by atoms with E-state index in [2.05, 4.69) is 22.5 Å². The Labute approximate surface area is 119 Å². The summed E-state index contributed by atoms with van der Waals surface area (Å²) in [5.74, 6) is -0.851. The lowest BCUT2D eigenvalue weighted by atomic mass is 9.87. The fourth-order valence-corrected chi connectivity index (χ4v) is 3.36. The highest BCUT2D eigenvalue weighted by Crippen LogP contribution is 2.37. The maximum Gasteiger partial charge on any atom is 0.336 e. The molecule has 0 aliphatic carbocycles. The van der Waals surface area contributed by atoms with Crippen LogP contribution >= 0.6 is 0 Å². The molecule has 2 N–H and O–H groups in total. The van der Waals surface area contributed by atoms with E-state index >= 15 is 0 Å². The third-order valence-corrected chi connectivity index (χ3v) is 4.28. The van der Waals surface area contributed by atoms with E-state index in [0.29, 0.717) is 5.56 Å². The number of allylic oxidation sites excluding steroid dienone is 1. The summed E-state index contributed by atoms with van der Waals surface area (Å²) in [4.78, 5) is 13.8. The third-order valence-electron chi connectivity index (χ3n) is 4.28. The van der Waals surface area contributed by atoms with E-state index < -0.39 is 5.97 Å². The van der Waals surface area contributed by atoms with Gasteiger partial charge in [-0.15, -0.1) is 0 Å². The normalized spacial score (nSPS) is 25.9. The van der Waals surface area contributed by atoms with Gasteiger partial charge in [0.1, 0.15) is 5.66 Å². The molecule has 0 aromatic heterocycles. The van der Waals surface area contributed by atoms with Gasteiger partial charge in [-0.3, -0.25) is 5.32 Å². The average molecular weight is 272 g/mol. The highest BCUT2D eigenvalue weighted by atomic mass is 16.4. The van der Waals surface area contributed by atoms with Crippen molar-refractivity contribution in [3.05, 3.63) is 47.7 Å². The summed E-state index contributed by atoms with van der Waals surface area (Å²) in [6.07, 6.45) is 8.46. The van der Waals surface area contributed by atoms with E-state index in [-0.39, 0.29) is 5.66 Å². The number of aromatic carboxylic acids is 1. The predicted molar refractivity (Wildman–Crippen MR) is 77.4 cm³/mol. The van der Waals surface area contributed by atoms with Crippen molar-refractivity contribution in [1.29, 1.82) is 0 Å². The molecule has 1 unspecified atom stereocenters. The molecule has 1 aromatic rings. The topological polar surface area (TPSA) is 52.6 Å². The SMILES string of the molecule is O=C(O)c1ccccc1C12CCCC=CN1CCCN2. The van der Waals surface area contributed by atoms with Crippen LogP contribution in [0.15, 0.2) is 36.5 Å². The standard InChI is InChI=1S/C16H20N2O2/c19-15(20)13-7-2-3-8-14(13)16-9-4-1-5-11-18(16)12-6-10-17-16/h2-3,5,7-8,11,17H,1,4,6,9-10,12H2,(H,19,20). The summed E-state index contributed by atoms with van der Waals surface area (Å²) in [5, 5.41) is 13.1. The Balaban J connectivity index is 2.13. The molecule has 2 aliphatic rings. The smallest absolute Gasteiger partial charge is 0.336 e. The van der Waals surface area contributed by atoms with Gasteiger partial charge >= 0.3 is 5.97 Å². The second-order valence-electron chi connectivity index (χ2n) is 5.46. The Morgan fingerprint density at radius 3 is 3.00 bits per heavy atom. The van der Waals surface area contributed by atoms with Gasteiger partial charge in [-0.05, 0) is 44.5 Å². The summed E-state index contributed by atoms with van der Waals surface area (Å²) in [6.45, 7) is 1.90. The second kappa shape index (κ2) is 5.29. The number of fused-ring (bicyclic) bond motifs is 1. The molecule has 1 saturated heterocycles. The first-order chi connectivity index (χ1) is 9.74. The van der Waals surface area contributed by atoms with E-state index in [0.717, 1.165) is 44.3 Å². The van der Waals surface area contributed by atoms with Crippen LogP contribution in [0.25, 0.3) is 0 Å².